The van der Waals surface area contributed by atoms with Crippen LogP contribution in [0.25, 0.3) is 22.3 Å². The summed E-state index contributed by atoms with van der Waals surface area (Å²) < 4.78 is 0. The van der Waals surface area contributed by atoms with E-state index >= 15 is 0 Å². The van der Waals surface area contributed by atoms with E-state index < -0.39 is 5.41 Å². The van der Waals surface area contributed by atoms with Crippen LogP contribution in [0.5, 0.6) is 0 Å². The highest BCUT2D eigenvalue weighted by atomic mass is 15.1. The summed E-state index contributed by atoms with van der Waals surface area (Å²) in [5.74, 6) is 7.59. The minimum atomic E-state index is -0.692. The number of hydrogen-bond acceptors (Lipinski definition) is 1. The van der Waals surface area contributed by atoms with Crippen LogP contribution in [0.3, 0.4) is 0 Å². The van der Waals surface area contributed by atoms with Crippen LogP contribution in [-0.2, 0) is 12.0 Å². The average Bonchev–Trinajstić information content (AvgIpc) is 3.46. The smallest absolute Gasteiger partial charge is 0.108 e. The molecule has 0 spiro atoms. The maximum Gasteiger partial charge on any atom is 0.108 e. The molecule has 0 bridgehead atoms. The molecule has 0 fully saturated rings. The van der Waals surface area contributed by atoms with E-state index in [2.05, 4.69) is 199 Å². The van der Waals surface area contributed by atoms with Crippen molar-refractivity contribution in [3.8, 4) is 34.1 Å². The maximum atomic E-state index is 3.94. The fourth-order valence-corrected chi connectivity index (χ4v) is 7.05. The Morgan fingerprint density at radius 2 is 1.02 bits per heavy atom. The molecule has 0 amide bonds. The summed E-state index contributed by atoms with van der Waals surface area (Å²) in [6.07, 6.45) is 0. The van der Waals surface area contributed by atoms with Gasteiger partial charge in [0.1, 0.15) is 5.41 Å². The number of rotatable bonds is 6. The molecular weight excluding hydrogens is 567 g/mol. The van der Waals surface area contributed by atoms with Crippen molar-refractivity contribution in [2.24, 2.45) is 0 Å². The molecule has 8 rings (SSSR count). The normalized spacial score (nSPS) is 14.4. The third-order valence-corrected chi connectivity index (χ3v) is 9.18. The quantitative estimate of drug-likeness (QED) is 0.172. The fraction of sp³-hybridized carbons (Fsp3) is 0.0435. The highest BCUT2D eigenvalue weighted by Gasteiger charge is 2.45. The number of fused-ring (bicyclic) bond motifs is 3. The molecule has 7 aromatic carbocycles. The van der Waals surface area contributed by atoms with Crippen molar-refractivity contribution in [2.75, 3.05) is 4.90 Å². The molecule has 0 saturated carbocycles. The van der Waals surface area contributed by atoms with Gasteiger partial charge in [-0.15, -0.1) is 0 Å². The van der Waals surface area contributed by atoms with Gasteiger partial charge in [0, 0.05) is 23.5 Å². The van der Waals surface area contributed by atoms with E-state index in [0.717, 1.165) is 16.9 Å². The summed E-state index contributed by atoms with van der Waals surface area (Å²) >= 11 is 0. The summed E-state index contributed by atoms with van der Waals surface area (Å²) in [6.45, 7) is 0.693. The Morgan fingerprint density at radius 1 is 0.468 bits per heavy atom. The lowest BCUT2D eigenvalue weighted by atomic mass is 9.71. The highest BCUT2D eigenvalue weighted by Crippen LogP contribution is 2.54. The number of hydrogen-bond donors (Lipinski definition) is 0. The van der Waals surface area contributed by atoms with Crippen molar-refractivity contribution in [2.45, 2.75) is 12.0 Å². The van der Waals surface area contributed by atoms with Gasteiger partial charge in [-0.1, -0.05) is 157 Å². The van der Waals surface area contributed by atoms with Gasteiger partial charge in [0.25, 0.3) is 0 Å². The third kappa shape index (κ3) is 5.21. The van der Waals surface area contributed by atoms with Crippen LogP contribution in [-0.4, -0.2) is 0 Å². The van der Waals surface area contributed by atoms with E-state index in [0.29, 0.717) is 6.54 Å². The van der Waals surface area contributed by atoms with Gasteiger partial charge in [-0.25, -0.2) is 0 Å². The molecule has 0 heterocycles. The molecule has 0 aliphatic heterocycles. The molecule has 1 unspecified atom stereocenters. The minimum absolute atomic E-state index is 0.692. The third-order valence-electron chi connectivity index (χ3n) is 9.18. The molecule has 47 heavy (non-hydrogen) atoms. The predicted octanol–water partition coefficient (Wildman–Crippen LogP) is 11.1. The van der Waals surface area contributed by atoms with Crippen LogP contribution < -0.4 is 4.90 Å². The zero-order chi connectivity index (χ0) is 31.5. The molecule has 1 atom stereocenters. The maximum absolute atomic E-state index is 3.94. The highest BCUT2D eigenvalue weighted by molar-refractivity contribution is 5.88. The average molecular weight is 600 g/mol. The summed E-state index contributed by atoms with van der Waals surface area (Å²) in [5, 5.41) is 0. The summed E-state index contributed by atoms with van der Waals surface area (Å²) in [5.41, 5.74) is 12.4. The molecule has 1 aliphatic carbocycles. The van der Waals surface area contributed by atoms with E-state index in [-0.39, 0.29) is 0 Å². The van der Waals surface area contributed by atoms with Gasteiger partial charge in [-0.05, 0) is 87.0 Å². The number of nitrogens with zero attached hydrogens (tertiary/aromatic N) is 1. The molecule has 1 nitrogen and oxygen atoms in total. The fourth-order valence-electron chi connectivity index (χ4n) is 7.05. The lowest BCUT2D eigenvalue weighted by molar-refractivity contribution is 0.810. The van der Waals surface area contributed by atoms with Gasteiger partial charge in [-0.3, -0.25) is 0 Å². The van der Waals surface area contributed by atoms with E-state index in [9.17, 15) is 0 Å². The first-order valence-electron chi connectivity index (χ1n) is 16.2. The second kappa shape index (κ2) is 12.4. The first kappa shape index (κ1) is 28.4. The van der Waals surface area contributed by atoms with Crippen LogP contribution in [0.15, 0.2) is 188 Å². The van der Waals surface area contributed by atoms with Gasteiger partial charge in [0.2, 0.25) is 0 Å². The molecule has 0 radical (unpaired) electrons. The molecule has 1 heteroatoms. The van der Waals surface area contributed by atoms with Crippen LogP contribution in [0.2, 0.25) is 0 Å². The van der Waals surface area contributed by atoms with Crippen LogP contribution in [0, 0.1) is 11.8 Å². The van der Waals surface area contributed by atoms with E-state index in [1.165, 1.54) is 44.5 Å². The van der Waals surface area contributed by atoms with Gasteiger partial charge < -0.3 is 4.90 Å². The van der Waals surface area contributed by atoms with Crippen LogP contribution in [0.4, 0.5) is 11.4 Å². The number of benzene rings is 7. The largest absolute Gasteiger partial charge is 0.337 e. The number of para-hydroxylation sites is 2. The molecule has 1 aliphatic rings. The van der Waals surface area contributed by atoms with Crippen molar-refractivity contribution < 1.29 is 0 Å². The zero-order valence-corrected chi connectivity index (χ0v) is 26.1. The van der Waals surface area contributed by atoms with E-state index in [1.807, 2.05) is 6.07 Å². The minimum Gasteiger partial charge on any atom is -0.337 e. The lowest BCUT2D eigenvalue weighted by Gasteiger charge is -2.32. The first-order chi connectivity index (χ1) is 23.3. The summed E-state index contributed by atoms with van der Waals surface area (Å²) in [4.78, 5) is 2.41. The van der Waals surface area contributed by atoms with Crippen LogP contribution in [0.1, 0.15) is 27.8 Å². The first-order valence-corrected chi connectivity index (χ1v) is 16.2. The Morgan fingerprint density at radius 3 is 1.72 bits per heavy atom. The van der Waals surface area contributed by atoms with Crippen molar-refractivity contribution in [1.29, 1.82) is 0 Å². The van der Waals surface area contributed by atoms with Crippen molar-refractivity contribution >= 4 is 11.4 Å². The van der Waals surface area contributed by atoms with E-state index in [4.69, 9.17) is 0 Å². The molecular formula is C46H33N. The Hall–Kier alpha value is -6.10. The molecule has 0 N–H and O–H groups in total. The van der Waals surface area contributed by atoms with Crippen LogP contribution >= 0.6 is 0 Å². The van der Waals surface area contributed by atoms with E-state index in [1.54, 1.807) is 0 Å². The Balaban J connectivity index is 1.40. The second-order valence-corrected chi connectivity index (χ2v) is 12.0. The van der Waals surface area contributed by atoms with Gasteiger partial charge in [0.05, 0.1) is 0 Å². The Kier molecular flexibility index (Phi) is 7.46. The topological polar surface area (TPSA) is 3.24 Å². The van der Waals surface area contributed by atoms with Gasteiger partial charge in [-0.2, -0.15) is 0 Å². The van der Waals surface area contributed by atoms with Crippen molar-refractivity contribution in [3.05, 3.63) is 216 Å². The standard InChI is InChI=1S/C46H33N/c1-5-17-35(18-6-1)31-32-46(39-23-15-21-37(33-39)36-19-7-2-8-20-36)44-30-14-13-28-42(44)43-29-16-22-38(45(43)46)34-47(40-24-9-3-10-25-40)41-26-11-4-12-27-41/h1-30,33H,34H2. The van der Waals surface area contributed by atoms with Gasteiger partial charge in [0.15, 0.2) is 0 Å². The number of anilines is 2. The Bertz CT molecular complexity index is 2170. The molecule has 222 valence electrons. The molecule has 0 aromatic heterocycles. The van der Waals surface area contributed by atoms with Crippen molar-refractivity contribution in [1.82, 2.24) is 0 Å². The Labute approximate surface area is 277 Å². The molecule has 0 saturated heterocycles. The molecule has 7 aromatic rings. The summed E-state index contributed by atoms with van der Waals surface area (Å²) in [6, 6.07) is 67.0. The lowest BCUT2D eigenvalue weighted by Crippen LogP contribution is -2.28. The predicted molar refractivity (Wildman–Crippen MR) is 196 cm³/mol. The SMILES string of the molecule is C(#CC1(c2cccc(-c3ccccc3)c2)c2ccccc2-c2cccc(CN(c3ccccc3)c3ccccc3)c21)c1ccccc1. The van der Waals surface area contributed by atoms with Crippen molar-refractivity contribution in [3.63, 3.8) is 0 Å². The van der Waals surface area contributed by atoms with Gasteiger partial charge >= 0.3 is 0 Å². The zero-order valence-electron chi connectivity index (χ0n) is 26.1. The monoisotopic (exact) mass is 599 g/mol. The summed E-state index contributed by atoms with van der Waals surface area (Å²) in [7, 11) is 0. The second-order valence-electron chi connectivity index (χ2n) is 12.0.